The lowest BCUT2D eigenvalue weighted by atomic mass is 10.2. The lowest BCUT2D eigenvalue weighted by Gasteiger charge is -2.07. The molecule has 6 heteroatoms. The highest BCUT2D eigenvalue weighted by molar-refractivity contribution is 5.92. The molecule has 2 aromatic heterocycles. The number of benzene rings is 2. The van der Waals surface area contributed by atoms with Gasteiger partial charge < -0.3 is 13.9 Å². The molecule has 0 spiro atoms. The molecule has 0 aliphatic heterocycles. The number of hydrogen-bond donors (Lipinski definition) is 0. The third kappa shape index (κ3) is 4.17. The van der Waals surface area contributed by atoms with Crippen LogP contribution in [0.4, 0.5) is 4.39 Å². The Bertz CT molecular complexity index is 1090. The molecule has 0 saturated carbocycles. The van der Waals surface area contributed by atoms with Crippen molar-refractivity contribution in [2.75, 3.05) is 0 Å². The molecule has 2 heterocycles. The van der Waals surface area contributed by atoms with Crippen molar-refractivity contribution in [2.45, 2.75) is 13.2 Å². The number of fused-ring (bicyclic) bond motifs is 1. The molecule has 0 N–H and O–H groups in total. The van der Waals surface area contributed by atoms with Crippen LogP contribution >= 0.6 is 0 Å². The van der Waals surface area contributed by atoms with Gasteiger partial charge in [-0.2, -0.15) is 0 Å². The van der Waals surface area contributed by atoms with E-state index in [9.17, 15) is 9.18 Å². The van der Waals surface area contributed by atoms with Crippen LogP contribution in [0.1, 0.15) is 21.7 Å². The van der Waals surface area contributed by atoms with Crippen molar-refractivity contribution < 1.29 is 23.1 Å². The molecule has 2 aromatic carbocycles. The van der Waals surface area contributed by atoms with Gasteiger partial charge in [0.05, 0.1) is 0 Å². The average molecular weight is 377 g/mol. The third-order valence-electron chi connectivity index (χ3n) is 4.13. The molecule has 4 rings (SSSR count). The van der Waals surface area contributed by atoms with E-state index in [4.69, 9.17) is 13.9 Å². The molecular weight excluding hydrogens is 361 g/mol. The number of ether oxygens (including phenoxy) is 2. The lowest BCUT2D eigenvalue weighted by Crippen LogP contribution is -2.04. The van der Waals surface area contributed by atoms with Gasteiger partial charge in [-0.15, -0.1) is 0 Å². The quantitative estimate of drug-likeness (QED) is 0.447. The van der Waals surface area contributed by atoms with Crippen molar-refractivity contribution in [1.82, 2.24) is 4.98 Å². The van der Waals surface area contributed by atoms with Crippen molar-refractivity contribution in [2.24, 2.45) is 0 Å². The van der Waals surface area contributed by atoms with Crippen LogP contribution in [0.2, 0.25) is 0 Å². The largest absolute Gasteiger partial charge is 0.489 e. The Kier molecular flexibility index (Phi) is 5.01. The van der Waals surface area contributed by atoms with Gasteiger partial charge in [-0.05, 0) is 59.7 Å². The Balaban J connectivity index is 1.33. The molecule has 4 aromatic rings. The minimum atomic E-state index is -0.602. The van der Waals surface area contributed by atoms with Crippen LogP contribution in [0.25, 0.3) is 11.0 Å². The van der Waals surface area contributed by atoms with E-state index in [1.54, 1.807) is 12.4 Å². The zero-order valence-electron chi connectivity index (χ0n) is 14.8. The normalized spacial score (nSPS) is 10.8. The average Bonchev–Trinajstić information content (AvgIpc) is 3.15. The number of aromatic nitrogens is 1. The molecular formula is C22H16FNO4. The van der Waals surface area contributed by atoms with Gasteiger partial charge in [0.1, 0.15) is 30.4 Å². The van der Waals surface area contributed by atoms with Gasteiger partial charge in [-0.3, -0.25) is 4.98 Å². The van der Waals surface area contributed by atoms with Crippen molar-refractivity contribution >= 4 is 16.9 Å². The van der Waals surface area contributed by atoms with Gasteiger partial charge in [-0.25, -0.2) is 9.18 Å². The van der Waals surface area contributed by atoms with E-state index in [0.717, 1.165) is 11.1 Å². The van der Waals surface area contributed by atoms with E-state index in [0.29, 0.717) is 23.3 Å². The summed E-state index contributed by atoms with van der Waals surface area (Å²) >= 11 is 0. The highest BCUT2D eigenvalue weighted by Gasteiger charge is 2.14. The fraction of sp³-hybridized carbons (Fsp3) is 0.0909. The van der Waals surface area contributed by atoms with Gasteiger partial charge in [0, 0.05) is 17.8 Å². The molecule has 0 radical (unpaired) electrons. The minimum Gasteiger partial charge on any atom is -0.489 e. The minimum absolute atomic E-state index is 0.0397. The molecule has 28 heavy (non-hydrogen) atoms. The monoisotopic (exact) mass is 377 g/mol. The highest BCUT2D eigenvalue weighted by Crippen LogP contribution is 2.21. The van der Waals surface area contributed by atoms with Gasteiger partial charge in [0.15, 0.2) is 0 Å². The number of pyridine rings is 1. The Morgan fingerprint density at radius 3 is 2.46 bits per heavy atom. The van der Waals surface area contributed by atoms with E-state index >= 15 is 0 Å². The van der Waals surface area contributed by atoms with Gasteiger partial charge in [0.25, 0.3) is 0 Å². The summed E-state index contributed by atoms with van der Waals surface area (Å²) in [6.45, 7) is 0.540. The number of halogens is 1. The standard InChI is InChI=1S/C22H16FNO4/c23-18-3-6-20-17(11-18)12-21(28-20)22(25)27-14-15-1-4-19(5-2-15)26-13-16-7-9-24-10-8-16/h1-12H,13-14H2. The Morgan fingerprint density at radius 1 is 0.929 bits per heavy atom. The maximum Gasteiger partial charge on any atom is 0.374 e. The molecule has 0 aliphatic rings. The smallest absolute Gasteiger partial charge is 0.374 e. The van der Waals surface area contributed by atoms with Crippen LogP contribution in [0.5, 0.6) is 5.75 Å². The maximum atomic E-state index is 13.2. The van der Waals surface area contributed by atoms with E-state index in [1.165, 1.54) is 24.3 Å². The van der Waals surface area contributed by atoms with Gasteiger partial charge in [-0.1, -0.05) is 12.1 Å². The summed E-state index contributed by atoms with van der Waals surface area (Å²) in [5.41, 5.74) is 2.27. The summed E-state index contributed by atoms with van der Waals surface area (Å²) < 4.78 is 29.6. The van der Waals surface area contributed by atoms with Crippen molar-refractivity contribution in [1.29, 1.82) is 0 Å². The summed E-state index contributed by atoms with van der Waals surface area (Å²) in [6.07, 6.45) is 3.43. The Labute approximate surface area is 160 Å². The molecule has 5 nitrogen and oxygen atoms in total. The number of rotatable bonds is 6. The molecule has 0 unspecified atom stereocenters. The predicted octanol–water partition coefficient (Wildman–Crippen LogP) is 4.90. The first-order chi connectivity index (χ1) is 13.7. The van der Waals surface area contributed by atoms with Crippen LogP contribution in [-0.4, -0.2) is 11.0 Å². The van der Waals surface area contributed by atoms with Crippen LogP contribution in [0, 0.1) is 5.82 Å². The van der Waals surface area contributed by atoms with Gasteiger partial charge >= 0.3 is 5.97 Å². The lowest BCUT2D eigenvalue weighted by molar-refractivity contribution is 0.0438. The van der Waals surface area contributed by atoms with E-state index in [2.05, 4.69) is 4.98 Å². The fourth-order valence-electron chi connectivity index (χ4n) is 2.66. The number of esters is 1. The van der Waals surface area contributed by atoms with Crippen LogP contribution in [-0.2, 0) is 18.0 Å². The summed E-state index contributed by atoms with van der Waals surface area (Å²) in [6, 6.07) is 16.6. The summed E-state index contributed by atoms with van der Waals surface area (Å²) in [5, 5.41) is 0.516. The van der Waals surface area contributed by atoms with E-state index < -0.39 is 5.97 Å². The highest BCUT2D eigenvalue weighted by atomic mass is 19.1. The molecule has 0 atom stereocenters. The zero-order chi connectivity index (χ0) is 19.3. The van der Waals surface area contributed by atoms with Crippen LogP contribution in [0.3, 0.4) is 0 Å². The number of furan rings is 1. The van der Waals surface area contributed by atoms with Crippen molar-refractivity contribution in [3.8, 4) is 5.75 Å². The van der Waals surface area contributed by atoms with Crippen LogP contribution in [0.15, 0.2) is 77.5 Å². The van der Waals surface area contributed by atoms with E-state index in [-0.39, 0.29) is 18.2 Å². The summed E-state index contributed by atoms with van der Waals surface area (Å²) in [7, 11) is 0. The van der Waals surface area contributed by atoms with Crippen LogP contribution < -0.4 is 4.74 Å². The van der Waals surface area contributed by atoms with Gasteiger partial charge in [0.2, 0.25) is 5.76 Å². The number of nitrogens with zero attached hydrogens (tertiary/aromatic N) is 1. The number of hydrogen-bond acceptors (Lipinski definition) is 5. The fourth-order valence-corrected chi connectivity index (χ4v) is 2.66. The first-order valence-electron chi connectivity index (χ1n) is 8.64. The SMILES string of the molecule is O=C(OCc1ccc(OCc2ccncc2)cc1)c1cc2cc(F)ccc2o1. The topological polar surface area (TPSA) is 61.6 Å². The first-order valence-corrected chi connectivity index (χ1v) is 8.64. The Morgan fingerprint density at radius 2 is 1.68 bits per heavy atom. The van der Waals surface area contributed by atoms with Crippen molar-refractivity contribution in [3.05, 3.63) is 95.8 Å². The molecule has 0 aliphatic carbocycles. The number of carbonyl (C=O) groups excluding carboxylic acids is 1. The predicted molar refractivity (Wildman–Crippen MR) is 100 cm³/mol. The summed E-state index contributed by atoms with van der Waals surface area (Å²) in [5.74, 6) is -0.238. The molecule has 140 valence electrons. The third-order valence-corrected chi connectivity index (χ3v) is 4.13. The zero-order valence-corrected chi connectivity index (χ0v) is 14.8. The van der Waals surface area contributed by atoms with Crippen molar-refractivity contribution in [3.63, 3.8) is 0 Å². The Hall–Kier alpha value is -3.67. The number of carbonyl (C=O) groups is 1. The maximum absolute atomic E-state index is 13.2. The first kappa shape index (κ1) is 17.7. The van der Waals surface area contributed by atoms with E-state index in [1.807, 2.05) is 36.4 Å². The second-order valence-electron chi connectivity index (χ2n) is 6.16. The molecule has 0 bridgehead atoms. The second kappa shape index (κ2) is 7.92. The molecule has 0 saturated heterocycles. The molecule has 0 fully saturated rings. The second-order valence-corrected chi connectivity index (χ2v) is 6.16. The molecule has 0 amide bonds. The summed E-state index contributed by atoms with van der Waals surface area (Å²) in [4.78, 5) is 16.1.